The Bertz CT molecular complexity index is 856. The average molecular weight is 464 g/mol. The number of hydrogen-bond acceptors (Lipinski definition) is 5. The number of hydrogen-bond donors (Lipinski definition) is 1. The number of nitrogens with one attached hydrogen (secondary N) is 1. The summed E-state index contributed by atoms with van der Waals surface area (Å²) in [5.41, 5.74) is 0.417. The van der Waals surface area contributed by atoms with E-state index in [4.69, 9.17) is 16.3 Å². The highest BCUT2D eigenvalue weighted by molar-refractivity contribution is 7.09. The van der Waals surface area contributed by atoms with E-state index in [0.29, 0.717) is 42.7 Å². The second-order valence-electron chi connectivity index (χ2n) is 7.81. The number of rotatable bonds is 10. The third-order valence-corrected chi connectivity index (χ3v) is 6.43. The minimum Gasteiger partial charge on any atom is -0.486 e. The Hall–Kier alpha value is -2.12. The highest BCUT2D eigenvalue weighted by Gasteiger charge is 2.29. The number of aromatic nitrogens is 1. The number of ether oxygens (including phenoxy) is 1. The molecule has 1 aromatic carbocycles. The number of halogens is 1. The summed E-state index contributed by atoms with van der Waals surface area (Å²) in [6.07, 6.45) is 6.17. The van der Waals surface area contributed by atoms with E-state index in [1.54, 1.807) is 34.5 Å². The Morgan fingerprint density at radius 1 is 1.26 bits per heavy atom. The molecule has 3 rings (SSSR count). The van der Waals surface area contributed by atoms with Crippen LogP contribution in [-0.4, -0.2) is 41.3 Å². The first-order valence-electron chi connectivity index (χ1n) is 11.0. The lowest BCUT2D eigenvalue weighted by atomic mass is 9.97. The van der Waals surface area contributed by atoms with Crippen LogP contribution in [0.1, 0.15) is 60.9 Å². The van der Waals surface area contributed by atoms with Gasteiger partial charge < -0.3 is 15.0 Å². The number of nitrogens with zero attached hydrogens (tertiary/aromatic N) is 2. The maximum Gasteiger partial charge on any atom is 0.273 e. The van der Waals surface area contributed by atoms with Crippen LogP contribution in [0.5, 0.6) is 5.75 Å². The first kappa shape index (κ1) is 23.5. The van der Waals surface area contributed by atoms with Crippen LogP contribution in [0.3, 0.4) is 0 Å². The molecule has 1 aliphatic heterocycles. The van der Waals surface area contributed by atoms with Crippen LogP contribution < -0.4 is 10.1 Å². The molecule has 0 aliphatic carbocycles. The monoisotopic (exact) mass is 463 g/mol. The van der Waals surface area contributed by atoms with Crippen molar-refractivity contribution in [3.8, 4) is 5.75 Å². The van der Waals surface area contributed by atoms with E-state index in [2.05, 4.69) is 17.2 Å². The Kier molecular flexibility index (Phi) is 9.15. The van der Waals surface area contributed by atoms with Crippen LogP contribution in [-0.2, 0) is 11.4 Å². The van der Waals surface area contributed by atoms with E-state index < -0.39 is 0 Å². The molecule has 2 aromatic rings. The van der Waals surface area contributed by atoms with Gasteiger partial charge in [0.1, 0.15) is 23.1 Å². The molecule has 6 nitrogen and oxygen atoms in total. The third-order valence-electron chi connectivity index (χ3n) is 5.36. The first-order chi connectivity index (χ1) is 15.1. The summed E-state index contributed by atoms with van der Waals surface area (Å²) in [5.74, 6) is 0.501. The van der Waals surface area contributed by atoms with E-state index >= 15 is 0 Å². The summed E-state index contributed by atoms with van der Waals surface area (Å²) in [6, 6.07) is 7.12. The molecule has 1 N–H and O–H groups in total. The highest BCUT2D eigenvalue weighted by atomic mass is 35.5. The second kappa shape index (κ2) is 12.1. The van der Waals surface area contributed by atoms with Gasteiger partial charge in [0.05, 0.1) is 5.92 Å². The number of amides is 2. The topological polar surface area (TPSA) is 71.5 Å². The Labute approximate surface area is 193 Å². The number of likely N-dealkylation sites (tertiary alicyclic amines) is 1. The lowest BCUT2D eigenvalue weighted by Gasteiger charge is -2.31. The molecule has 31 heavy (non-hydrogen) atoms. The SMILES string of the molecule is CCCCCCNC(=O)C1CCCN(C(=O)c2csc(COc3ccc(Cl)cc3)n2)C1. The molecular weight excluding hydrogens is 434 g/mol. The molecule has 8 heteroatoms. The molecule has 2 heterocycles. The summed E-state index contributed by atoms with van der Waals surface area (Å²) >= 11 is 7.28. The fourth-order valence-corrected chi connectivity index (χ4v) is 4.40. The first-order valence-corrected chi connectivity index (χ1v) is 12.2. The minimum atomic E-state index is -0.143. The molecule has 168 valence electrons. The van der Waals surface area contributed by atoms with Gasteiger partial charge in [0.25, 0.3) is 5.91 Å². The molecule has 1 atom stereocenters. The van der Waals surface area contributed by atoms with Crippen molar-refractivity contribution >= 4 is 34.8 Å². The number of thiazole rings is 1. The summed E-state index contributed by atoms with van der Waals surface area (Å²) in [6.45, 7) is 4.29. The molecule has 0 saturated carbocycles. The van der Waals surface area contributed by atoms with Gasteiger partial charge in [0.15, 0.2) is 0 Å². The maximum absolute atomic E-state index is 12.9. The minimum absolute atomic E-state index is 0.0596. The second-order valence-corrected chi connectivity index (χ2v) is 9.19. The fraction of sp³-hybridized carbons (Fsp3) is 0.522. The number of carbonyl (C=O) groups excluding carboxylic acids is 2. The van der Waals surface area contributed by atoms with Crippen molar-refractivity contribution in [3.63, 3.8) is 0 Å². The van der Waals surface area contributed by atoms with Crippen LogP contribution in [0.25, 0.3) is 0 Å². The third kappa shape index (κ3) is 7.21. The van der Waals surface area contributed by atoms with Gasteiger partial charge >= 0.3 is 0 Å². The standard InChI is InChI=1S/C23H30ClN3O3S/c1-2-3-4-5-12-25-22(28)17-7-6-13-27(14-17)23(29)20-16-31-21(26-20)15-30-19-10-8-18(24)9-11-19/h8-11,16-17H,2-7,12-15H2,1H3,(H,25,28). The molecule has 0 spiro atoms. The Morgan fingerprint density at radius 3 is 2.84 bits per heavy atom. The Balaban J connectivity index is 1.48. The zero-order valence-corrected chi connectivity index (χ0v) is 19.5. The van der Waals surface area contributed by atoms with Crippen molar-refractivity contribution in [2.45, 2.75) is 52.1 Å². The average Bonchev–Trinajstić information content (AvgIpc) is 3.27. The van der Waals surface area contributed by atoms with Gasteiger partial charge in [-0.05, 0) is 43.5 Å². The van der Waals surface area contributed by atoms with Crippen molar-refractivity contribution in [2.75, 3.05) is 19.6 Å². The normalized spacial score (nSPS) is 16.2. The van der Waals surface area contributed by atoms with Crippen molar-refractivity contribution in [2.24, 2.45) is 5.92 Å². The van der Waals surface area contributed by atoms with E-state index in [9.17, 15) is 9.59 Å². The van der Waals surface area contributed by atoms with E-state index in [1.165, 1.54) is 24.2 Å². The van der Waals surface area contributed by atoms with E-state index in [1.807, 2.05) is 0 Å². The fourth-order valence-electron chi connectivity index (χ4n) is 3.60. The largest absolute Gasteiger partial charge is 0.486 e. The zero-order valence-electron chi connectivity index (χ0n) is 17.9. The number of unbranched alkanes of at least 4 members (excludes halogenated alkanes) is 3. The molecule has 0 radical (unpaired) electrons. The number of carbonyl (C=O) groups is 2. The van der Waals surface area contributed by atoms with Crippen LogP contribution in [0.2, 0.25) is 5.02 Å². The maximum atomic E-state index is 12.9. The molecule has 1 aliphatic rings. The Morgan fingerprint density at radius 2 is 2.06 bits per heavy atom. The predicted molar refractivity (Wildman–Crippen MR) is 124 cm³/mol. The molecule has 2 amide bonds. The van der Waals surface area contributed by atoms with Crippen LogP contribution in [0.15, 0.2) is 29.6 Å². The molecule has 0 bridgehead atoms. The van der Waals surface area contributed by atoms with Gasteiger partial charge in [-0.2, -0.15) is 0 Å². The van der Waals surface area contributed by atoms with Gasteiger partial charge in [-0.3, -0.25) is 9.59 Å². The predicted octanol–water partition coefficient (Wildman–Crippen LogP) is 4.92. The lowest BCUT2D eigenvalue weighted by Crippen LogP contribution is -2.45. The van der Waals surface area contributed by atoms with Crippen LogP contribution in [0, 0.1) is 5.92 Å². The summed E-state index contributed by atoms with van der Waals surface area (Å²) in [7, 11) is 0. The van der Waals surface area contributed by atoms with Crippen molar-refractivity contribution in [1.82, 2.24) is 15.2 Å². The summed E-state index contributed by atoms with van der Waals surface area (Å²) in [4.78, 5) is 31.6. The highest BCUT2D eigenvalue weighted by Crippen LogP contribution is 2.21. The van der Waals surface area contributed by atoms with E-state index in [0.717, 1.165) is 30.7 Å². The zero-order chi connectivity index (χ0) is 22.1. The van der Waals surface area contributed by atoms with Gasteiger partial charge in [0, 0.05) is 30.0 Å². The van der Waals surface area contributed by atoms with Crippen molar-refractivity contribution < 1.29 is 14.3 Å². The molecular formula is C23H30ClN3O3S. The van der Waals surface area contributed by atoms with Crippen LogP contribution in [0.4, 0.5) is 0 Å². The van der Waals surface area contributed by atoms with Gasteiger partial charge in [-0.25, -0.2) is 4.98 Å². The summed E-state index contributed by atoms with van der Waals surface area (Å²) in [5, 5.41) is 6.18. The van der Waals surface area contributed by atoms with Crippen molar-refractivity contribution in [3.05, 3.63) is 45.4 Å². The van der Waals surface area contributed by atoms with Gasteiger partial charge in [-0.1, -0.05) is 37.8 Å². The molecule has 1 saturated heterocycles. The number of benzene rings is 1. The quantitative estimate of drug-likeness (QED) is 0.507. The molecule has 1 fully saturated rings. The van der Waals surface area contributed by atoms with Gasteiger partial charge in [0.2, 0.25) is 5.91 Å². The lowest BCUT2D eigenvalue weighted by molar-refractivity contribution is -0.126. The van der Waals surface area contributed by atoms with Crippen molar-refractivity contribution in [1.29, 1.82) is 0 Å². The summed E-state index contributed by atoms with van der Waals surface area (Å²) < 4.78 is 5.71. The van der Waals surface area contributed by atoms with Crippen LogP contribution >= 0.6 is 22.9 Å². The molecule has 1 aromatic heterocycles. The van der Waals surface area contributed by atoms with Gasteiger partial charge in [-0.15, -0.1) is 11.3 Å². The smallest absolute Gasteiger partial charge is 0.273 e. The molecule has 1 unspecified atom stereocenters. The van der Waals surface area contributed by atoms with E-state index in [-0.39, 0.29) is 17.7 Å². The number of piperidine rings is 1.